The van der Waals surface area contributed by atoms with Gasteiger partial charge in [0.25, 0.3) is 11.5 Å². The highest BCUT2D eigenvalue weighted by atomic mass is 35.5. The summed E-state index contributed by atoms with van der Waals surface area (Å²) in [7, 11) is 0. The van der Waals surface area contributed by atoms with Crippen LogP contribution in [0.25, 0.3) is 5.95 Å². The Kier molecular flexibility index (Phi) is 5.19. The van der Waals surface area contributed by atoms with Crippen LogP contribution in [-0.2, 0) is 0 Å². The van der Waals surface area contributed by atoms with Crippen molar-refractivity contribution in [1.82, 2.24) is 19.7 Å². The summed E-state index contributed by atoms with van der Waals surface area (Å²) < 4.78 is 1.46. The maximum atomic E-state index is 12.8. The number of benzene rings is 1. The SMILES string of the molecule is CC(C)c1cc(=O)[nH]c(-n2nc(C3CC3)cc2NC(=O)c2ccc(Cl)cc2Cl)n1. The normalized spacial score (nSPS) is 13.7. The number of carbonyl (C=O) groups is 1. The van der Waals surface area contributed by atoms with Gasteiger partial charge in [-0.15, -0.1) is 0 Å². The van der Waals surface area contributed by atoms with Crippen LogP contribution in [0.4, 0.5) is 5.82 Å². The summed E-state index contributed by atoms with van der Waals surface area (Å²) in [6.45, 7) is 3.91. The lowest BCUT2D eigenvalue weighted by Gasteiger charge is -2.11. The quantitative estimate of drug-likeness (QED) is 0.620. The van der Waals surface area contributed by atoms with Crippen molar-refractivity contribution in [3.05, 3.63) is 67.7 Å². The van der Waals surface area contributed by atoms with Crippen molar-refractivity contribution in [1.29, 1.82) is 0 Å². The summed E-state index contributed by atoms with van der Waals surface area (Å²) in [4.78, 5) is 32.1. The van der Waals surface area contributed by atoms with Crippen molar-refractivity contribution < 1.29 is 4.79 Å². The molecule has 29 heavy (non-hydrogen) atoms. The van der Waals surface area contributed by atoms with Gasteiger partial charge in [-0.2, -0.15) is 9.78 Å². The van der Waals surface area contributed by atoms with Crippen molar-refractivity contribution in [2.45, 2.75) is 38.5 Å². The molecule has 1 amide bonds. The fourth-order valence-corrected chi connectivity index (χ4v) is 3.44. The largest absolute Gasteiger partial charge is 0.306 e. The van der Waals surface area contributed by atoms with Crippen molar-refractivity contribution in [3.63, 3.8) is 0 Å². The Labute approximate surface area is 177 Å². The molecule has 0 aliphatic heterocycles. The van der Waals surface area contributed by atoms with E-state index in [-0.39, 0.29) is 28.0 Å². The molecule has 3 aromatic rings. The van der Waals surface area contributed by atoms with Crippen LogP contribution in [0.1, 0.15) is 60.3 Å². The number of H-pyrrole nitrogens is 1. The van der Waals surface area contributed by atoms with E-state index in [1.807, 2.05) is 13.8 Å². The number of rotatable bonds is 5. The molecule has 0 atom stereocenters. The third kappa shape index (κ3) is 4.21. The lowest BCUT2D eigenvalue weighted by Crippen LogP contribution is -2.19. The third-order valence-corrected chi connectivity index (χ3v) is 5.23. The summed E-state index contributed by atoms with van der Waals surface area (Å²) in [5, 5.41) is 8.10. The second kappa shape index (κ2) is 7.65. The lowest BCUT2D eigenvalue weighted by molar-refractivity contribution is 0.102. The van der Waals surface area contributed by atoms with E-state index in [4.69, 9.17) is 23.2 Å². The fraction of sp³-hybridized carbons (Fsp3) is 0.300. The minimum atomic E-state index is -0.405. The van der Waals surface area contributed by atoms with Gasteiger partial charge in [-0.3, -0.25) is 14.6 Å². The Morgan fingerprint density at radius 1 is 1.24 bits per heavy atom. The highest BCUT2D eigenvalue weighted by molar-refractivity contribution is 6.37. The van der Waals surface area contributed by atoms with E-state index >= 15 is 0 Å². The Bertz CT molecular complexity index is 1150. The standard InChI is InChI=1S/C20H19Cl2N5O2/c1-10(2)15-9-18(28)25-20(23-15)27-17(8-16(26-27)11-3-4-11)24-19(29)13-6-5-12(21)7-14(13)22/h5-11H,3-4H2,1-2H3,(H,24,29)(H,23,25,28). The highest BCUT2D eigenvalue weighted by Crippen LogP contribution is 2.40. The van der Waals surface area contributed by atoms with E-state index in [2.05, 4.69) is 20.4 Å². The number of anilines is 1. The first-order chi connectivity index (χ1) is 13.8. The average Bonchev–Trinajstić information content (AvgIpc) is 3.42. The first-order valence-electron chi connectivity index (χ1n) is 9.30. The van der Waals surface area contributed by atoms with Crippen LogP contribution in [-0.4, -0.2) is 25.7 Å². The van der Waals surface area contributed by atoms with Crippen molar-refractivity contribution in [2.75, 3.05) is 5.32 Å². The van der Waals surface area contributed by atoms with Gasteiger partial charge in [0, 0.05) is 23.1 Å². The zero-order chi connectivity index (χ0) is 20.7. The van der Waals surface area contributed by atoms with Crippen LogP contribution in [0, 0.1) is 0 Å². The number of halogens is 2. The third-order valence-electron chi connectivity index (χ3n) is 4.68. The average molecular weight is 432 g/mol. The predicted octanol–water partition coefficient (Wildman–Crippen LogP) is 4.52. The molecule has 2 N–H and O–H groups in total. The van der Waals surface area contributed by atoms with Crippen LogP contribution >= 0.6 is 23.2 Å². The van der Waals surface area contributed by atoms with E-state index in [1.54, 1.807) is 18.2 Å². The van der Waals surface area contributed by atoms with Gasteiger partial charge in [-0.25, -0.2) is 4.98 Å². The monoisotopic (exact) mass is 431 g/mol. The Morgan fingerprint density at radius 2 is 2.00 bits per heavy atom. The minimum absolute atomic E-state index is 0.0698. The first kappa shape index (κ1) is 19.7. The molecule has 2 heterocycles. The summed E-state index contributed by atoms with van der Waals surface area (Å²) in [6.07, 6.45) is 2.09. The van der Waals surface area contributed by atoms with Crippen LogP contribution in [0.15, 0.2) is 35.1 Å². The zero-order valence-electron chi connectivity index (χ0n) is 15.9. The topological polar surface area (TPSA) is 92.7 Å². The first-order valence-corrected chi connectivity index (χ1v) is 10.1. The van der Waals surface area contributed by atoms with Crippen LogP contribution in [0.3, 0.4) is 0 Å². The summed E-state index contributed by atoms with van der Waals surface area (Å²) in [5.41, 5.74) is 1.50. The minimum Gasteiger partial charge on any atom is -0.306 e. The molecule has 0 spiro atoms. The Morgan fingerprint density at radius 3 is 2.66 bits per heavy atom. The fourth-order valence-electron chi connectivity index (χ4n) is 2.94. The van der Waals surface area contributed by atoms with Gasteiger partial charge < -0.3 is 5.32 Å². The van der Waals surface area contributed by atoms with E-state index in [9.17, 15) is 9.59 Å². The predicted molar refractivity (Wildman–Crippen MR) is 112 cm³/mol. The van der Waals surface area contributed by atoms with Crippen LogP contribution in [0.2, 0.25) is 10.0 Å². The van der Waals surface area contributed by atoms with E-state index < -0.39 is 5.91 Å². The van der Waals surface area contributed by atoms with Gasteiger partial charge in [-0.1, -0.05) is 37.0 Å². The van der Waals surface area contributed by atoms with E-state index in [0.717, 1.165) is 18.5 Å². The number of hydrogen-bond donors (Lipinski definition) is 2. The summed E-state index contributed by atoms with van der Waals surface area (Å²) in [5.74, 6) is 0.682. The van der Waals surface area contributed by atoms with Gasteiger partial charge in [0.1, 0.15) is 5.82 Å². The molecule has 1 aromatic carbocycles. The molecule has 2 aromatic heterocycles. The number of carbonyl (C=O) groups excluding carboxylic acids is 1. The van der Waals surface area contributed by atoms with Crippen molar-refractivity contribution >= 4 is 34.9 Å². The molecular weight excluding hydrogens is 413 g/mol. The number of aromatic amines is 1. The lowest BCUT2D eigenvalue weighted by atomic mass is 10.1. The Hall–Kier alpha value is -2.64. The van der Waals surface area contributed by atoms with Crippen LogP contribution < -0.4 is 10.9 Å². The number of amides is 1. The molecular formula is C20H19Cl2N5O2. The molecule has 1 aliphatic carbocycles. The zero-order valence-corrected chi connectivity index (χ0v) is 17.4. The molecule has 150 valence electrons. The smallest absolute Gasteiger partial charge is 0.258 e. The highest BCUT2D eigenvalue weighted by Gasteiger charge is 2.28. The van der Waals surface area contributed by atoms with E-state index in [1.165, 1.54) is 16.8 Å². The second-order valence-corrected chi connectivity index (χ2v) is 8.21. The Balaban J connectivity index is 1.74. The molecule has 4 rings (SSSR count). The van der Waals surface area contributed by atoms with E-state index in [0.29, 0.717) is 22.5 Å². The molecule has 1 saturated carbocycles. The van der Waals surface area contributed by atoms with Crippen molar-refractivity contribution in [2.24, 2.45) is 0 Å². The number of aromatic nitrogens is 4. The summed E-state index contributed by atoms with van der Waals surface area (Å²) >= 11 is 12.1. The summed E-state index contributed by atoms with van der Waals surface area (Å²) in [6, 6.07) is 7.94. The maximum Gasteiger partial charge on any atom is 0.258 e. The molecule has 9 heteroatoms. The van der Waals surface area contributed by atoms with Crippen LogP contribution in [0.5, 0.6) is 0 Å². The number of nitrogens with one attached hydrogen (secondary N) is 2. The molecule has 0 saturated heterocycles. The number of nitrogens with zero attached hydrogens (tertiary/aromatic N) is 3. The molecule has 0 radical (unpaired) electrons. The van der Waals surface area contributed by atoms with Gasteiger partial charge in [-0.05, 0) is 37.0 Å². The molecule has 0 unspecified atom stereocenters. The second-order valence-electron chi connectivity index (χ2n) is 7.37. The maximum absolute atomic E-state index is 12.8. The van der Waals surface area contributed by atoms with Gasteiger partial charge in [0.2, 0.25) is 5.95 Å². The molecule has 1 fully saturated rings. The van der Waals surface area contributed by atoms with Crippen molar-refractivity contribution in [3.8, 4) is 5.95 Å². The van der Waals surface area contributed by atoms with Gasteiger partial charge in [0.05, 0.1) is 22.0 Å². The molecule has 1 aliphatic rings. The number of hydrogen-bond acceptors (Lipinski definition) is 4. The van der Waals surface area contributed by atoms with Gasteiger partial charge in [0.15, 0.2) is 0 Å². The molecule has 0 bridgehead atoms. The molecule has 7 nitrogen and oxygen atoms in total. The van der Waals surface area contributed by atoms with Gasteiger partial charge >= 0.3 is 0 Å².